The number of amides is 2. The zero-order valence-electron chi connectivity index (χ0n) is 8.49. The van der Waals surface area contributed by atoms with E-state index in [1.54, 1.807) is 0 Å². The minimum absolute atomic E-state index is 0.480. The van der Waals surface area contributed by atoms with Crippen LogP contribution in [0.2, 0.25) is 0 Å². The first-order valence-corrected chi connectivity index (χ1v) is 5.13. The highest BCUT2D eigenvalue weighted by Gasteiger charge is 2.19. The van der Waals surface area contributed by atoms with Crippen LogP contribution in [0, 0.1) is 0 Å². The largest absolute Gasteiger partial charge is 0.351 e. The summed E-state index contributed by atoms with van der Waals surface area (Å²) in [4.78, 5) is 10.8. The molecule has 0 aliphatic carbocycles. The molecule has 4 N–H and O–H groups in total. The Hall–Kier alpha value is -1.55. The lowest BCUT2D eigenvalue weighted by Gasteiger charge is -2.14. The predicted molar refractivity (Wildman–Crippen MR) is 59.9 cm³/mol. The second-order valence-corrected chi connectivity index (χ2v) is 3.77. The van der Waals surface area contributed by atoms with Crippen LogP contribution in [0.25, 0.3) is 0 Å². The van der Waals surface area contributed by atoms with Gasteiger partial charge in [0.15, 0.2) is 0 Å². The first-order valence-electron chi connectivity index (χ1n) is 5.13. The molecule has 4 nitrogen and oxygen atoms in total. The lowest BCUT2D eigenvalue weighted by atomic mass is 9.96. The van der Waals surface area contributed by atoms with Crippen molar-refractivity contribution in [3.8, 4) is 0 Å². The van der Waals surface area contributed by atoms with Gasteiger partial charge >= 0.3 is 6.03 Å². The van der Waals surface area contributed by atoms with Gasteiger partial charge in [-0.05, 0) is 30.5 Å². The van der Waals surface area contributed by atoms with Crippen molar-refractivity contribution in [3.63, 3.8) is 0 Å². The summed E-state index contributed by atoms with van der Waals surface area (Å²) in [5.41, 5.74) is 7.13. The molecule has 1 saturated heterocycles. The molecule has 2 rings (SSSR count). The maximum absolute atomic E-state index is 10.8. The number of nitrogens with two attached hydrogens (primary N) is 1. The zero-order valence-corrected chi connectivity index (χ0v) is 8.49. The molecule has 0 spiro atoms. The van der Waals surface area contributed by atoms with Gasteiger partial charge in [-0.25, -0.2) is 4.79 Å². The normalized spacial score (nSPS) is 20.1. The Kier molecular flexibility index (Phi) is 2.87. The van der Waals surface area contributed by atoms with Crippen LogP contribution in [-0.4, -0.2) is 19.1 Å². The van der Waals surface area contributed by atoms with Crippen LogP contribution in [-0.2, 0) is 0 Å². The topological polar surface area (TPSA) is 67.2 Å². The summed E-state index contributed by atoms with van der Waals surface area (Å²) in [6.07, 6.45) is 1.11. The van der Waals surface area contributed by atoms with Crippen molar-refractivity contribution < 1.29 is 4.79 Å². The monoisotopic (exact) mass is 205 g/mol. The van der Waals surface area contributed by atoms with Crippen molar-refractivity contribution in [2.24, 2.45) is 5.73 Å². The molecule has 80 valence electrons. The Labute approximate surface area is 88.9 Å². The van der Waals surface area contributed by atoms with E-state index in [0.29, 0.717) is 5.92 Å². The average Bonchev–Trinajstić information content (AvgIpc) is 2.70. The molecule has 0 radical (unpaired) electrons. The average molecular weight is 205 g/mol. The summed E-state index contributed by atoms with van der Waals surface area (Å²) in [7, 11) is 0. The second kappa shape index (κ2) is 4.31. The number of benzene rings is 1. The number of carbonyl (C=O) groups excluding carboxylic acids is 1. The van der Waals surface area contributed by atoms with E-state index in [2.05, 4.69) is 10.6 Å². The van der Waals surface area contributed by atoms with Crippen molar-refractivity contribution >= 4 is 11.7 Å². The van der Waals surface area contributed by atoms with E-state index in [0.717, 1.165) is 25.2 Å². The van der Waals surface area contributed by atoms with Crippen LogP contribution in [0.3, 0.4) is 0 Å². The van der Waals surface area contributed by atoms with Crippen LogP contribution in [0.5, 0.6) is 0 Å². The summed E-state index contributed by atoms with van der Waals surface area (Å²) < 4.78 is 0. The standard InChI is InChI=1S/C11H15N3O/c12-11(15)14-10-4-2-1-3-9(10)8-5-6-13-7-8/h1-4,8,13H,5-7H2,(H3,12,14,15). The summed E-state index contributed by atoms with van der Waals surface area (Å²) in [5.74, 6) is 0.480. The zero-order chi connectivity index (χ0) is 10.7. The second-order valence-electron chi connectivity index (χ2n) is 3.77. The number of hydrogen-bond donors (Lipinski definition) is 3. The smallest absolute Gasteiger partial charge is 0.316 e. The van der Waals surface area contributed by atoms with Gasteiger partial charge in [0.1, 0.15) is 0 Å². The van der Waals surface area contributed by atoms with Crippen molar-refractivity contribution in [2.45, 2.75) is 12.3 Å². The number of anilines is 1. The number of para-hydroxylation sites is 1. The van der Waals surface area contributed by atoms with Crippen molar-refractivity contribution in [1.82, 2.24) is 5.32 Å². The van der Waals surface area contributed by atoms with E-state index in [1.807, 2.05) is 24.3 Å². The van der Waals surface area contributed by atoms with E-state index in [1.165, 1.54) is 5.56 Å². The summed E-state index contributed by atoms with van der Waals surface area (Å²) >= 11 is 0. The van der Waals surface area contributed by atoms with Crippen LogP contribution >= 0.6 is 0 Å². The van der Waals surface area contributed by atoms with Gasteiger partial charge in [-0.1, -0.05) is 18.2 Å². The molecule has 0 bridgehead atoms. The molecule has 1 aliphatic rings. The van der Waals surface area contributed by atoms with Crippen molar-refractivity contribution in [1.29, 1.82) is 0 Å². The van der Waals surface area contributed by atoms with Crippen LogP contribution in [0.1, 0.15) is 17.9 Å². The lowest BCUT2D eigenvalue weighted by molar-refractivity contribution is 0.259. The van der Waals surface area contributed by atoms with Crippen molar-refractivity contribution in [3.05, 3.63) is 29.8 Å². The number of urea groups is 1. The van der Waals surface area contributed by atoms with Gasteiger partial charge in [0.25, 0.3) is 0 Å². The first-order chi connectivity index (χ1) is 7.27. The molecule has 2 amide bonds. The molecular weight excluding hydrogens is 190 g/mol. The molecule has 1 atom stereocenters. The maximum Gasteiger partial charge on any atom is 0.316 e. The molecule has 0 saturated carbocycles. The first kappa shape index (κ1) is 9.98. The Morgan fingerprint density at radius 3 is 2.93 bits per heavy atom. The minimum atomic E-state index is -0.506. The third-order valence-electron chi connectivity index (χ3n) is 2.72. The number of carbonyl (C=O) groups is 1. The van der Waals surface area contributed by atoms with Gasteiger partial charge < -0.3 is 16.4 Å². The number of nitrogens with one attached hydrogen (secondary N) is 2. The van der Waals surface area contributed by atoms with Crippen LogP contribution in [0.4, 0.5) is 10.5 Å². The minimum Gasteiger partial charge on any atom is -0.351 e. The van der Waals surface area contributed by atoms with Gasteiger partial charge in [0.2, 0.25) is 0 Å². The van der Waals surface area contributed by atoms with E-state index in [9.17, 15) is 4.79 Å². The highest BCUT2D eigenvalue weighted by molar-refractivity contribution is 5.88. The van der Waals surface area contributed by atoms with E-state index in [-0.39, 0.29) is 0 Å². The van der Waals surface area contributed by atoms with Crippen LogP contribution < -0.4 is 16.4 Å². The summed E-state index contributed by atoms with van der Waals surface area (Å²) in [6, 6.07) is 7.31. The van der Waals surface area contributed by atoms with E-state index in [4.69, 9.17) is 5.73 Å². The van der Waals surface area contributed by atoms with Crippen LogP contribution in [0.15, 0.2) is 24.3 Å². The molecule has 1 aromatic carbocycles. The van der Waals surface area contributed by atoms with E-state index >= 15 is 0 Å². The molecule has 1 aliphatic heterocycles. The highest BCUT2D eigenvalue weighted by Crippen LogP contribution is 2.28. The predicted octanol–water partition coefficient (Wildman–Crippen LogP) is 1.25. The number of primary amides is 1. The van der Waals surface area contributed by atoms with E-state index < -0.39 is 6.03 Å². The van der Waals surface area contributed by atoms with Gasteiger partial charge in [-0.15, -0.1) is 0 Å². The lowest BCUT2D eigenvalue weighted by Crippen LogP contribution is -2.21. The Bertz CT molecular complexity index is 359. The fourth-order valence-electron chi connectivity index (χ4n) is 2.02. The molecule has 1 fully saturated rings. The molecule has 1 heterocycles. The Morgan fingerprint density at radius 2 is 2.27 bits per heavy atom. The molecule has 0 aromatic heterocycles. The van der Waals surface area contributed by atoms with Gasteiger partial charge in [0.05, 0.1) is 0 Å². The van der Waals surface area contributed by atoms with Crippen molar-refractivity contribution in [2.75, 3.05) is 18.4 Å². The molecule has 15 heavy (non-hydrogen) atoms. The third kappa shape index (κ3) is 2.27. The summed E-state index contributed by atoms with van der Waals surface area (Å²) in [6.45, 7) is 2.01. The fraction of sp³-hybridized carbons (Fsp3) is 0.364. The summed E-state index contributed by atoms with van der Waals surface area (Å²) in [5, 5.41) is 5.97. The molecular formula is C11H15N3O. The molecule has 4 heteroatoms. The van der Waals surface area contributed by atoms with Gasteiger partial charge in [-0.3, -0.25) is 0 Å². The Morgan fingerprint density at radius 1 is 1.47 bits per heavy atom. The molecule has 1 aromatic rings. The number of hydrogen-bond acceptors (Lipinski definition) is 2. The highest BCUT2D eigenvalue weighted by atomic mass is 16.2. The fourth-order valence-corrected chi connectivity index (χ4v) is 2.02. The van der Waals surface area contributed by atoms with Gasteiger partial charge in [0, 0.05) is 12.2 Å². The maximum atomic E-state index is 10.8. The SMILES string of the molecule is NC(=O)Nc1ccccc1C1CCNC1. The molecule has 1 unspecified atom stereocenters. The third-order valence-corrected chi connectivity index (χ3v) is 2.72. The Balaban J connectivity index is 2.24. The number of rotatable bonds is 2. The van der Waals surface area contributed by atoms with Gasteiger partial charge in [-0.2, -0.15) is 0 Å². The quantitative estimate of drug-likeness (QED) is 0.680.